The molecule has 0 atom stereocenters. The van der Waals surface area contributed by atoms with Crippen molar-refractivity contribution in [3.63, 3.8) is 0 Å². The fourth-order valence-corrected chi connectivity index (χ4v) is 3.75. The molecule has 3 heterocycles. The predicted molar refractivity (Wildman–Crippen MR) is 99.8 cm³/mol. The maximum absolute atomic E-state index is 12.9. The Hall–Kier alpha value is -1.95. The van der Waals surface area contributed by atoms with Crippen LogP contribution in [0, 0.1) is 13.8 Å². The highest BCUT2D eigenvalue weighted by molar-refractivity contribution is 6.06. The highest BCUT2D eigenvalue weighted by Crippen LogP contribution is 2.23. The Morgan fingerprint density at radius 2 is 1.92 bits per heavy atom. The minimum atomic E-state index is -0.0447. The topological polar surface area (TPSA) is 63.1 Å². The Labute approximate surface area is 149 Å². The van der Waals surface area contributed by atoms with E-state index in [1.807, 2.05) is 27.0 Å². The first-order chi connectivity index (χ1) is 11.8. The number of likely N-dealkylation sites (tertiary alicyclic amines) is 1. The van der Waals surface area contributed by atoms with E-state index in [9.17, 15) is 4.79 Å². The molecule has 3 rings (SSSR count). The van der Waals surface area contributed by atoms with Crippen LogP contribution in [0.25, 0.3) is 11.0 Å². The minimum Gasteiger partial charge on any atom is -0.350 e. The van der Waals surface area contributed by atoms with Gasteiger partial charge in [0.2, 0.25) is 0 Å². The Morgan fingerprint density at radius 1 is 1.24 bits per heavy atom. The van der Waals surface area contributed by atoms with Crippen molar-refractivity contribution in [2.75, 3.05) is 19.6 Å². The summed E-state index contributed by atoms with van der Waals surface area (Å²) in [5, 5.41) is 8.42. The second-order valence-electron chi connectivity index (χ2n) is 7.76. The molecule has 6 heteroatoms. The zero-order valence-electron chi connectivity index (χ0n) is 16.0. The molecule has 0 radical (unpaired) electrons. The van der Waals surface area contributed by atoms with Gasteiger partial charge in [0.1, 0.15) is 0 Å². The summed E-state index contributed by atoms with van der Waals surface area (Å²) in [6.45, 7) is 11.1. The van der Waals surface area contributed by atoms with E-state index in [0.717, 1.165) is 35.5 Å². The molecule has 0 spiro atoms. The SMILES string of the molecule is Cc1cc(C(=O)NCC(C)(C)N2CCCCC2)c2c(C)nn(C)c2n1. The summed E-state index contributed by atoms with van der Waals surface area (Å²) in [5.41, 5.74) is 3.06. The third-order valence-corrected chi connectivity index (χ3v) is 5.24. The number of piperidine rings is 1. The molecule has 1 amide bonds. The molecule has 0 bridgehead atoms. The van der Waals surface area contributed by atoms with Crippen LogP contribution in [0.15, 0.2) is 6.07 Å². The number of nitrogens with zero attached hydrogens (tertiary/aromatic N) is 4. The van der Waals surface area contributed by atoms with E-state index in [1.54, 1.807) is 4.68 Å². The monoisotopic (exact) mass is 343 g/mol. The summed E-state index contributed by atoms with van der Waals surface area (Å²) < 4.78 is 1.74. The van der Waals surface area contributed by atoms with Gasteiger partial charge in [-0.1, -0.05) is 6.42 Å². The van der Waals surface area contributed by atoms with Crippen LogP contribution in [0.1, 0.15) is 54.9 Å². The zero-order chi connectivity index (χ0) is 18.2. The Kier molecular flexibility index (Phi) is 4.82. The van der Waals surface area contributed by atoms with Crippen LogP contribution in [0.2, 0.25) is 0 Å². The number of aryl methyl sites for hydroxylation is 3. The predicted octanol–water partition coefficient (Wildman–Crippen LogP) is 2.58. The molecule has 1 N–H and O–H groups in total. The number of fused-ring (bicyclic) bond motifs is 1. The van der Waals surface area contributed by atoms with Crippen LogP contribution in [0.5, 0.6) is 0 Å². The molecule has 0 aromatic carbocycles. The summed E-state index contributed by atoms with van der Waals surface area (Å²) >= 11 is 0. The largest absolute Gasteiger partial charge is 0.350 e. The lowest BCUT2D eigenvalue weighted by molar-refractivity contribution is 0.0798. The van der Waals surface area contributed by atoms with Gasteiger partial charge in [0.25, 0.3) is 5.91 Å². The Bertz CT molecular complexity index is 787. The Balaban J connectivity index is 1.80. The molecule has 25 heavy (non-hydrogen) atoms. The van der Waals surface area contributed by atoms with E-state index < -0.39 is 0 Å². The van der Waals surface area contributed by atoms with Crippen molar-refractivity contribution in [2.45, 2.75) is 52.5 Å². The summed E-state index contributed by atoms with van der Waals surface area (Å²) in [4.78, 5) is 19.9. The summed E-state index contributed by atoms with van der Waals surface area (Å²) in [7, 11) is 1.86. The van der Waals surface area contributed by atoms with E-state index in [0.29, 0.717) is 12.1 Å². The quantitative estimate of drug-likeness (QED) is 0.927. The first kappa shape index (κ1) is 17.9. The zero-order valence-corrected chi connectivity index (χ0v) is 16.0. The van der Waals surface area contributed by atoms with Crippen molar-refractivity contribution < 1.29 is 4.79 Å². The lowest BCUT2D eigenvalue weighted by Gasteiger charge is -2.41. The summed E-state index contributed by atoms with van der Waals surface area (Å²) in [6, 6.07) is 1.86. The van der Waals surface area contributed by atoms with Crippen molar-refractivity contribution in [1.82, 2.24) is 25.0 Å². The van der Waals surface area contributed by atoms with Gasteiger partial charge in [0, 0.05) is 24.8 Å². The van der Waals surface area contributed by atoms with Gasteiger partial charge in [-0.05, 0) is 59.7 Å². The lowest BCUT2D eigenvalue weighted by atomic mass is 9.98. The fourth-order valence-electron chi connectivity index (χ4n) is 3.75. The fraction of sp³-hybridized carbons (Fsp3) is 0.632. The molecule has 136 valence electrons. The van der Waals surface area contributed by atoms with Gasteiger partial charge in [-0.15, -0.1) is 0 Å². The van der Waals surface area contributed by atoms with Crippen molar-refractivity contribution in [3.8, 4) is 0 Å². The second-order valence-corrected chi connectivity index (χ2v) is 7.76. The number of carbonyl (C=O) groups excluding carboxylic acids is 1. The number of hydrogen-bond donors (Lipinski definition) is 1. The maximum atomic E-state index is 12.9. The average Bonchev–Trinajstić information content (AvgIpc) is 2.87. The Morgan fingerprint density at radius 3 is 2.60 bits per heavy atom. The number of aromatic nitrogens is 3. The van der Waals surface area contributed by atoms with Crippen LogP contribution >= 0.6 is 0 Å². The first-order valence-corrected chi connectivity index (χ1v) is 9.14. The van der Waals surface area contributed by atoms with Crippen LogP contribution in [0.4, 0.5) is 0 Å². The standard InChI is InChI=1S/C19H29N5O/c1-13-11-15(16-14(2)22-23(5)17(16)21-13)18(25)20-12-19(3,4)24-9-7-6-8-10-24/h11H,6-10,12H2,1-5H3,(H,20,25). The minimum absolute atomic E-state index is 0.0404. The second kappa shape index (κ2) is 6.75. The van der Waals surface area contributed by atoms with Crippen molar-refractivity contribution in [2.24, 2.45) is 7.05 Å². The van der Waals surface area contributed by atoms with Crippen molar-refractivity contribution in [1.29, 1.82) is 0 Å². The van der Waals surface area contributed by atoms with E-state index in [-0.39, 0.29) is 11.4 Å². The normalized spacial score (nSPS) is 16.4. The summed E-state index contributed by atoms with van der Waals surface area (Å²) in [6.07, 6.45) is 3.81. The molecular weight excluding hydrogens is 314 g/mol. The third-order valence-electron chi connectivity index (χ3n) is 5.24. The van der Waals surface area contributed by atoms with Crippen LogP contribution in [0.3, 0.4) is 0 Å². The van der Waals surface area contributed by atoms with Gasteiger partial charge in [0.15, 0.2) is 5.65 Å². The first-order valence-electron chi connectivity index (χ1n) is 9.14. The lowest BCUT2D eigenvalue weighted by Crippen LogP contribution is -2.53. The molecule has 6 nitrogen and oxygen atoms in total. The molecular formula is C19H29N5O. The van der Waals surface area contributed by atoms with E-state index in [2.05, 4.69) is 34.1 Å². The number of rotatable bonds is 4. The number of carbonyl (C=O) groups is 1. The smallest absolute Gasteiger partial charge is 0.252 e. The average molecular weight is 343 g/mol. The van der Waals surface area contributed by atoms with Crippen molar-refractivity contribution in [3.05, 3.63) is 23.0 Å². The molecule has 2 aromatic heterocycles. The third kappa shape index (κ3) is 3.54. The maximum Gasteiger partial charge on any atom is 0.252 e. The highest BCUT2D eigenvalue weighted by atomic mass is 16.1. The molecule has 1 fully saturated rings. The van der Waals surface area contributed by atoms with Gasteiger partial charge in [-0.3, -0.25) is 14.4 Å². The van der Waals surface area contributed by atoms with Crippen LogP contribution in [-0.4, -0.2) is 50.7 Å². The molecule has 0 saturated carbocycles. The van der Waals surface area contributed by atoms with E-state index >= 15 is 0 Å². The molecule has 0 unspecified atom stereocenters. The van der Waals surface area contributed by atoms with Crippen LogP contribution in [-0.2, 0) is 7.05 Å². The van der Waals surface area contributed by atoms with Crippen LogP contribution < -0.4 is 5.32 Å². The van der Waals surface area contributed by atoms with Gasteiger partial charge in [-0.2, -0.15) is 5.10 Å². The molecule has 1 aliphatic rings. The van der Waals surface area contributed by atoms with E-state index in [1.165, 1.54) is 19.3 Å². The van der Waals surface area contributed by atoms with Gasteiger partial charge in [-0.25, -0.2) is 4.98 Å². The highest BCUT2D eigenvalue weighted by Gasteiger charge is 2.29. The van der Waals surface area contributed by atoms with Gasteiger partial charge >= 0.3 is 0 Å². The number of pyridine rings is 1. The van der Waals surface area contributed by atoms with Gasteiger partial charge < -0.3 is 5.32 Å². The van der Waals surface area contributed by atoms with E-state index in [4.69, 9.17) is 0 Å². The number of amides is 1. The molecule has 2 aromatic rings. The molecule has 0 aliphatic carbocycles. The van der Waals surface area contributed by atoms with Crippen molar-refractivity contribution >= 4 is 16.9 Å². The summed E-state index contributed by atoms with van der Waals surface area (Å²) in [5.74, 6) is -0.0447. The number of nitrogens with one attached hydrogen (secondary N) is 1. The molecule has 1 aliphatic heterocycles. The van der Waals surface area contributed by atoms with Gasteiger partial charge in [0.05, 0.1) is 16.6 Å². The molecule has 1 saturated heterocycles. The number of hydrogen-bond acceptors (Lipinski definition) is 4.